The molecule has 0 fully saturated rings. The number of aryl methyl sites for hydroxylation is 1. The normalized spacial score (nSPS) is 12.0. The zero-order chi connectivity index (χ0) is 29.3. The van der Waals surface area contributed by atoms with Crippen molar-refractivity contribution in [3.63, 3.8) is 0 Å². The van der Waals surface area contributed by atoms with Crippen LogP contribution in [0.3, 0.4) is 0 Å². The molecule has 1 N–H and O–H groups in total. The van der Waals surface area contributed by atoms with E-state index in [2.05, 4.69) is 5.32 Å². The summed E-state index contributed by atoms with van der Waals surface area (Å²) in [4.78, 5) is 28.7. The monoisotopic (exact) mass is 603 g/mol. The number of nitrogens with zero attached hydrogens (tertiary/aromatic N) is 2. The molecule has 0 heterocycles. The molecule has 3 aromatic rings. The molecule has 3 rings (SSSR count). The fraction of sp³-hybridized carbons (Fsp3) is 0.333. The molecule has 40 heavy (non-hydrogen) atoms. The Labute approximate surface area is 247 Å². The quantitative estimate of drug-likeness (QED) is 0.235. The largest absolute Gasteiger partial charge is 0.354 e. The van der Waals surface area contributed by atoms with Crippen molar-refractivity contribution in [3.8, 4) is 0 Å². The summed E-state index contributed by atoms with van der Waals surface area (Å²) in [5, 5.41) is 3.76. The SMILES string of the molecule is CCCCNC(=O)C(CC)N(Cc1ccccc1Cl)C(=O)CN(c1cccc(C)c1)S(=O)(=O)c1ccc(Cl)cc1. The third-order valence-electron chi connectivity index (χ3n) is 6.48. The number of anilines is 1. The number of nitrogens with one attached hydrogen (secondary N) is 1. The van der Waals surface area contributed by atoms with Crippen molar-refractivity contribution in [2.24, 2.45) is 0 Å². The van der Waals surface area contributed by atoms with Crippen LogP contribution in [0.5, 0.6) is 0 Å². The molecule has 0 aliphatic rings. The first kappa shape index (κ1) is 31.5. The molecule has 3 aromatic carbocycles. The van der Waals surface area contributed by atoms with Crippen molar-refractivity contribution < 1.29 is 18.0 Å². The van der Waals surface area contributed by atoms with E-state index in [1.54, 1.807) is 42.5 Å². The molecule has 0 spiro atoms. The van der Waals surface area contributed by atoms with Gasteiger partial charge in [0.2, 0.25) is 11.8 Å². The number of carbonyl (C=O) groups excluding carboxylic acids is 2. The Bertz CT molecular complexity index is 1410. The lowest BCUT2D eigenvalue weighted by molar-refractivity contribution is -0.140. The molecule has 0 aliphatic carbocycles. The van der Waals surface area contributed by atoms with Crippen LogP contribution in [0.1, 0.15) is 44.2 Å². The highest BCUT2D eigenvalue weighted by Crippen LogP contribution is 2.27. The second-order valence-corrected chi connectivity index (χ2v) is 12.2. The maximum atomic E-state index is 14.1. The van der Waals surface area contributed by atoms with Crippen molar-refractivity contribution in [2.45, 2.75) is 57.5 Å². The van der Waals surface area contributed by atoms with Gasteiger partial charge in [-0.15, -0.1) is 0 Å². The zero-order valence-electron chi connectivity index (χ0n) is 22.9. The summed E-state index contributed by atoms with van der Waals surface area (Å²) < 4.78 is 28.8. The van der Waals surface area contributed by atoms with E-state index in [9.17, 15) is 18.0 Å². The van der Waals surface area contributed by atoms with Gasteiger partial charge in [-0.1, -0.05) is 73.8 Å². The molecule has 0 saturated heterocycles. The minimum absolute atomic E-state index is 0.00629. The number of halogens is 2. The van der Waals surface area contributed by atoms with Crippen LogP contribution in [0, 0.1) is 6.92 Å². The zero-order valence-corrected chi connectivity index (χ0v) is 25.3. The van der Waals surface area contributed by atoms with Crippen molar-refractivity contribution in [3.05, 3.63) is 94.0 Å². The molecule has 0 saturated carbocycles. The molecule has 10 heteroatoms. The number of amides is 2. The van der Waals surface area contributed by atoms with Gasteiger partial charge in [-0.3, -0.25) is 13.9 Å². The van der Waals surface area contributed by atoms with Gasteiger partial charge in [-0.2, -0.15) is 0 Å². The molecule has 1 unspecified atom stereocenters. The van der Waals surface area contributed by atoms with Gasteiger partial charge >= 0.3 is 0 Å². The van der Waals surface area contributed by atoms with Crippen molar-refractivity contribution in [1.82, 2.24) is 10.2 Å². The van der Waals surface area contributed by atoms with E-state index in [0.717, 1.165) is 22.7 Å². The molecule has 0 aromatic heterocycles. The van der Waals surface area contributed by atoms with E-state index in [4.69, 9.17) is 23.2 Å². The van der Waals surface area contributed by atoms with Crippen molar-refractivity contribution >= 4 is 50.7 Å². The second-order valence-electron chi connectivity index (χ2n) is 9.49. The Balaban J connectivity index is 2.05. The summed E-state index contributed by atoms with van der Waals surface area (Å²) >= 11 is 12.4. The number of sulfonamides is 1. The summed E-state index contributed by atoms with van der Waals surface area (Å²) in [6.07, 6.45) is 2.05. The van der Waals surface area contributed by atoms with Gasteiger partial charge in [0.25, 0.3) is 10.0 Å². The second kappa shape index (κ2) is 14.5. The minimum atomic E-state index is -4.17. The fourth-order valence-corrected chi connectivity index (χ4v) is 6.01. The fourth-order valence-electron chi connectivity index (χ4n) is 4.28. The number of rotatable bonds is 13. The number of hydrogen-bond acceptors (Lipinski definition) is 4. The Hall–Kier alpha value is -3.07. The maximum Gasteiger partial charge on any atom is 0.264 e. The van der Waals surface area contributed by atoms with E-state index >= 15 is 0 Å². The highest BCUT2D eigenvalue weighted by atomic mass is 35.5. The third-order valence-corrected chi connectivity index (χ3v) is 8.89. The molecule has 2 amide bonds. The Morgan fingerprint density at radius 2 is 1.65 bits per heavy atom. The van der Waals surface area contributed by atoms with Crippen LogP contribution in [0.25, 0.3) is 0 Å². The van der Waals surface area contributed by atoms with Crippen LogP contribution >= 0.6 is 23.2 Å². The van der Waals surface area contributed by atoms with Crippen LogP contribution in [0.15, 0.2) is 77.7 Å². The number of benzene rings is 3. The Morgan fingerprint density at radius 1 is 0.950 bits per heavy atom. The van der Waals surface area contributed by atoms with E-state index in [0.29, 0.717) is 34.3 Å². The smallest absolute Gasteiger partial charge is 0.264 e. The number of hydrogen-bond donors (Lipinski definition) is 1. The average Bonchev–Trinajstić information content (AvgIpc) is 2.92. The van der Waals surface area contributed by atoms with Crippen LogP contribution in [0.2, 0.25) is 10.0 Å². The van der Waals surface area contributed by atoms with E-state index in [-0.39, 0.29) is 17.3 Å². The Morgan fingerprint density at radius 3 is 2.27 bits per heavy atom. The predicted octanol–water partition coefficient (Wildman–Crippen LogP) is 6.22. The molecule has 7 nitrogen and oxygen atoms in total. The average molecular weight is 605 g/mol. The summed E-state index contributed by atoms with van der Waals surface area (Å²) in [7, 11) is -4.17. The van der Waals surface area contributed by atoms with Gasteiger partial charge in [0.1, 0.15) is 12.6 Å². The molecular formula is C30H35Cl2N3O4S. The van der Waals surface area contributed by atoms with Crippen LogP contribution < -0.4 is 9.62 Å². The van der Waals surface area contributed by atoms with Crippen molar-refractivity contribution in [1.29, 1.82) is 0 Å². The van der Waals surface area contributed by atoms with Gasteiger partial charge in [-0.25, -0.2) is 8.42 Å². The standard InChI is InChI=1S/C30H35Cl2N3O4S/c1-4-6-18-33-30(37)28(5-2)34(20-23-11-7-8-13-27(23)32)29(36)21-35(25-12-9-10-22(3)19-25)40(38,39)26-16-14-24(31)15-17-26/h7-17,19,28H,4-6,18,20-21H2,1-3H3,(H,33,37). The van der Waals surface area contributed by atoms with Gasteiger partial charge in [0, 0.05) is 23.1 Å². The first-order chi connectivity index (χ1) is 19.1. The van der Waals surface area contributed by atoms with Gasteiger partial charge < -0.3 is 10.2 Å². The third kappa shape index (κ3) is 7.99. The summed E-state index contributed by atoms with van der Waals surface area (Å²) in [5.74, 6) is -0.824. The number of unbranched alkanes of at least 4 members (excludes halogenated alkanes) is 1. The van der Waals surface area contributed by atoms with E-state index in [1.807, 2.05) is 26.8 Å². The highest BCUT2D eigenvalue weighted by Gasteiger charge is 2.34. The Kier molecular flexibility index (Phi) is 11.4. The molecule has 0 aliphatic heterocycles. The first-order valence-electron chi connectivity index (χ1n) is 13.2. The molecule has 0 bridgehead atoms. The number of carbonyl (C=O) groups is 2. The summed E-state index contributed by atoms with van der Waals surface area (Å²) in [5.41, 5.74) is 1.82. The van der Waals surface area contributed by atoms with Gasteiger partial charge in [-0.05, 0) is 73.4 Å². The van der Waals surface area contributed by atoms with Crippen molar-refractivity contribution in [2.75, 3.05) is 17.4 Å². The summed E-state index contributed by atoms with van der Waals surface area (Å²) in [6, 6.07) is 19.0. The molecule has 1 atom stereocenters. The summed E-state index contributed by atoms with van der Waals surface area (Å²) in [6.45, 7) is 5.70. The van der Waals surface area contributed by atoms with Crippen LogP contribution in [-0.2, 0) is 26.2 Å². The highest BCUT2D eigenvalue weighted by molar-refractivity contribution is 7.92. The molecule has 0 radical (unpaired) electrons. The maximum absolute atomic E-state index is 14.1. The molecule has 214 valence electrons. The lowest BCUT2D eigenvalue weighted by Gasteiger charge is -2.33. The lowest BCUT2D eigenvalue weighted by Crippen LogP contribution is -2.52. The minimum Gasteiger partial charge on any atom is -0.354 e. The van der Waals surface area contributed by atoms with Crippen LogP contribution in [0.4, 0.5) is 5.69 Å². The van der Waals surface area contributed by atoms with E-state index in [1.165, 1.54) is 29.2 Å². The van der Waals surface area contributed by atoms with Gasteiger partial charge in [0.15, 0.2) is 0 Å². The van der Waals surface area contributed by atoms with Crippen LogP contribution in [-0.4, -0.2) is 44.3 Å². The first-order valence-corrected chi connectivity index (χ1v) is 15.4. The van der Waals surface area contributed by atoms with E-state index < -0.39 is 28.5 Å². The molecular weight excluding hydrogens is 569 g/mol. The predicted molar refractivity (Wildman–Crippen MR) is 161 cm³/mol. The topological polar surface area (TPSA) is 86.8 Å². The lowest BCUT2D eigenvalue weighted by atomic mass is 10.1. The van der Waals surface area contributed by atoms with Gasteiger partial charge in [0.05, 0.1) is 10.6 Å².